The Labute approximate surface area is 177 Å². The van der Waals surface area contributed by atoms with Crippen molar-refractivity contribution in [1.82, 2.24) is 19.8 Å². The van der Waals surface area contributed by atoms with Gasteiger partial charge in [-0.2, -0.15) is 0 Å². The Morgan fingerprint density at radius 1 is 1.07 bits per heavy atom. The normalized spacial score (nSPS) is 18.8. The van der Waals surface area contributed by atoms with Crippen molar-refractivity contribution < 1.29 is 4.74 Å². The van der Waals surface area contributed by atoms with Gasteiger partial charge in [0.25, 0.3) is 0 Å². The highest BCUT2D eigenvalue weighted by Crippen LogP contribution is 2.40. The van der Waals surface area contributed by atoms with E-state index in [4.69, 9.17) is 17.0 Å². The van der Waals surface area contributed by atoms with Gasteiger partial charge in [0.1, 0.15) is 0 Å². The van der Waals surface area contributed by atoms with Crippen LogP contribution >= 0.6 is 12.2 Å². The summed E-state index contributed by atoms with van der Waals surface area (Å²) in [6.45, 7) is 3.67. The molecule has 3 aromatic rings. The maximum absolute atomic E-state index is 5.75. The Kier molecular flexibility index (Phi) is 5.92. The van der Waals surface area contributed by atoms with Crippen molar-refractivity contribution in [3.8, 4) is 5.69 Å². The van der Waals surface area contributed by atoms with Crippen molar-refractivity contribution in [2.24, 2.45) is 0 Å². The predicted molar refractivity (Wildman–Crippen MR) is 119 cm³/mol. The van der Waals surface area contributed by atoms with Gasteiger partial charge in [-0.15, -0.1) is 0 Å². The number of pyridine rings is 1. The van der Waals surface area contributed by atoms with Crippen LogP contribution in [0.4, 0.5) is 0 Å². The molecule has 0 bridgehead atoms. The molecule has 1 fully saturated rings. The van der Waals surface area contributed by atoms with Crippen LogP contribution in [0.15, 0.2) is 66.9 Å². The number of thiocarbonyl (C=S) groups is 1. The van der Waals surface area contributed by atoms with Gasteiger partial charge in [-0.25, -0.2) is 0 Å². The van der Waals surface area contributed by atoms with E-state index in [9.17, 15) is 0 Å². The van der Waals surface area contributed by atoms with Gasteiger partial charge in [0.2, 0.25) is 0 Å². The van der Waals surface area contributed by atoms with Crippen LogP contribution in [0.3, 0.4) is 0 Å². The maximum atomic E-state index is 5.75. The molecule has 6 heteroatoms. The minimum atomic E-state index is -0.0111. The van der Waals surface area contributed by atoms with Gasteiger partial charge in [-0.05, 0) is 62.0 Å². The van der Waals surface area contributed by atoms with E-state index in [2.05, 4.69) is 69.2 Å². The van der Waals surface area contributed by atoms with Crippen LogP contribution < -0.4 is 5.32 Å². The SMILES string of the molecule is COCCCN1C(=S)NC(c2ccccn2)C1c1ccc(C)n1-c1ccccc1. The van der Waals surface area contributed by atoms with E-state index in [1.807, 2.05) is 24.4 Å². The number of rotatable bonds is 7. The van der Waals surface area contributed by atoms with Gasteiger partial charge < -0.3 is 19.5 Å². The van der Waals surface area contributed by atoms with Crippen LogP contribution in [0.5, 0.6) is 0 Å². The fourth-order valence-electron chi connectivity index (χ4n) is 4.07. The van der Waals surface area contributed by atoms with E-state index in [-0.39, 0.29) is 12.1 Å². The van der Waals surface area contributed by atoms with E-state index >= 15 is 0 Å². The Morgan fingerprint density at radius 3 is 2.59 bits per heavy atom. The zero-order valence-electron chi connectivity index (χ0n) is 16.8. The molecular weight excluding hydrogens is 380 g/mol. The number of benzene rings is 1. The number of nitrogens with zero attached hydrogens (tertiary/aromatic N) is 3. The summed E-state index contributed by atoms with van der Waals surface area (Å²) in [5.41, 5.74) is 4.54. The molecule has 1 N–H and O–H groups in total. The molecule has 1 aliphatic rings. The molecule has 2 unspecified atom stereocenters. The fourth-order valence-corrected chi connectivity index (χ4v) is 4.40. The molecule has 4 rings (SSSR count). The van der Waals surface area contributed by atoms with Gasteiger partial charge in [-0.1, -0.05) is 24.3 Å². The third kappa shape index (κ3) is 3.91. The molecule has 150 valence electrons. The zero-order chi connectivity index (χ0) is 20.2. The number of nitrogens with one attached hydrogen (secondary N) is 1. The van der Waals surface area contributed by atoms with Crippen molar-refractivity contribution in [3.63, 3.8) is 0 Å². The lowest BCUT2D eigenvalue weighted by molar-refractivity contribution is 0.180. The molecule has 1 aromatic carbocycles. The highest BCUT2D eigenvalue weighted by Gasteiger charge is 2.41. The summed E-state index contributed by atoms with van der Waals surface area (Å²) in [5, 5.41) is 4.29. The number of ether oxygens (including phenoxy) is 1. The molecule has 2 aromatic heterocycles. The minimum Gasteiger partial charge on any atom is -0.385 e. The summed E-state index contributed by atoms with van der Waals surface area (Å²) in [4.78, 5) is 6.91. The monoisotopic (exact) mass is 406 g/mol. The van der Waals surface area contributed by atoms with E-state index in [0.29, 0.717) is 6.61 Å². The Morgan fingerprint density at radius 2 is 1.86 bits per heavy atom. The van der Waals surface area contributed by atoms with E-state index in [1.165, 1.54) is 11.4 Å². The third-order valence-electron chi connectivity index (χ3n) is 5.37. The second-order valence-electron chi connectivity index (χ2n) is 7.24. The van der Waals surface area contributed by atoms with Crippen LogP contribution in [0, 0.1) is 6.92 Å². The minimum absolute atomic E-state index is 0.0111. The lowest BCUT2D eigenvalue weighted by Gasteiger charge is -2.29. The Balaban J connectivity index is 1.79. The highest BCUT2D eigenvalue weighted by molar-refractivity contribution is 7.80. The van der Waals surface area contributed by atoms with Crippen LogP contribution in [-0.4, -0.2) is 39.8 Å². The molecule has 29 heavy (non-hydrogen) atoms. The fraction of sp³-hybridized carbons (Fsp3) is 0.304. The lowest BCUT2D eigenvalue weighted by atomic mass is 10.0. The van der Waals surface area contributed by atoms with Crippen molar-refractivity contribution in [2.45, 2.75) is 25.4 Å². The number of hydrogen-bond acceptors (Lipinski definition) is 3. The predicted octanol–water partition coefficient (Wildman–Crippen LogP) is 4.19. The number of methoxy groups -OCH3 is 1. The Bertz CT molecular complexity index is 958. The van der Waals surface area contributed by atoms with Crippen molar-refractivity contribution in [2.75, 3.05) is 20.3 Å². The molecule has 1 aliphatic heterocycles. The van der Waals surface area contributed by atoms with Crippen LogP contribution in [0.25, 0.3) is 5.69 Å². The first-order valence-electron chi connectivity index (χ1n) is 9.91. The van der Waals surface area contributed by atoms with Crippen molar-refractivity contribution >= 4 is 17.3 Å². The van der Waals surface area contributed by atoms with Crippen LogP contribution in [0.1, 0.15) is 35.6 Å². The number of hydrogen-bond donors (Lipinski definition) is 1. The molecule has 0 saturated carbocycles. The average molecular weight is 407 g/mol. The van der Waals surface area contributed by atoms with E-state index in [0.717, 1.165) is 29.5 Å². The van der Waals surface area contributed by atoms with Gasteiger partial charge in [0, 0.05) is 43.5 Å². The molecule has 5 nitrogen and oxygen atoms in total. The third-order valence-corrected chi connectivity index (χ3v) is 5.72. The van der Waals surface area contributed by atoms with Crippen molar-refractivity contribution in [1.29, 1.82) is 0 Å². The second kappa shape index (κ2) is 8.76. The standard InChI is InChI=1S/C23H26N4OS/c1-17-12-13-20(27(17)18-9-4-3-5-10-18)22-21(19-11-6-7-14-24-19)25-23(29)26(22)15-8-16-28-2/h3-7,9-14,21-22H,8,15-16H2,1-2H3,(H,25,29). The summed E-state index contributed by atoms with van der Waals surface area (Å²) >= 11 is 5.75. The van der Waals surface area contributed by atoms with Gasteiger partial charge in [-0.3, -0.25) is 4.98 Å². The molecule has 1 saturated heterocycles. The first kappa shape index (κ1) is 19.6. The van der Waals surface area contributed by atoms with Gasteiger partial charge in [0.05, 0.1) is 17.8 Å². The first-order chi connectivity index (χ1) is 14.2. The largest absolute Gasteiger partial charge is 0.385 e. The molecular formula is C23H26N4OS. The van der Waals surface area contributed by atoms with Gasteiger partial charge in [0.15, 0.2) is 5.11 Å². The molecule has 0 aliphatic carbocycles. The first-order valence-corrected chi connectivity index (χ1v) is 10.3. The van der Waals surface area contributed by atoms with Crippen molar-refractivity contribution in [3.05, 3.63) is 83.9 Å². The number of aromatic nitrogens is 2. The van der Waals surface area contributed by atoms with E-state index < -0.39 is 0 Å². The van der Waals surface area contributed by atoms with Gasteiger partial charge >= 0.3 is 0 Å². The molecule has 2 atom stereocenters. The number of para-hydroxylation sites is 1. The lowest BCUT2D eigenvalue weighted by Crippen LogP contribution is -2.32. The zero-order valence-corrected chi connectivity index (χ0v) is 17.6. The summed E-state index contributed by atoms with van der Waals surface area (Å²) in [6.07, 6.45) is 2.75. The molecule has 0 radical (unpaired) electrons. The number of aryl methyl sites for hydroxylation is 1. The summed E-state index contributed by atoms with van der Waals surface area (Å²) in [6, 6.07) is 20.9. The second-order valence-corrected chi connectivity index (χ2v) is 7.62. The van der Waals surface area contributed by atoms with E-state index in [1.54, 1.807) is 7.11 Å². The van der Waals surface area contributed by atoms with Crippen LogP contribution in [-0.2, 0) is 4.74 Å². The summed E-state index contributed by atoms with van der Waals surface area (Å²) < 4.78 is 7.60. The molecule has 3 heterocycles. The Hall–Kier alpha value is -2.70. The molecule has 0 amide bonds. The summed E-state index contributed by atoms with van der Waals surface area (Å²) in [7, 11) is 1.73. The topological polar surface area (TPSA) is 42.3 Å². The summed E-state index contributed by atoms with van der Waals surface area (Å²) in [5.74, 6) is 0. The maximum Gasteiger partial charge on any atom is 0.170 e. The highest BCUT2D eigenvalue weighted by atomic mass is 32.1. The van der Waals surface area contributed by atoms with Crippen LogP contribution in [0.2, 0.25) is 0 Å². The smallest absolute Gasteiger partial charge is 0.170 e. The molecule has 0 spiro atoms. The quantitative estimate of drug-likeness (QED) is 0.471. The average Bonchev–Trinajstić information content (AvgIpc) is 3.29.